The van der Waals surface area contributed by atoms with Crippen molar-refractivity contribution in [2.24, 2.45) is 0 Å². The summed E-state index contributed by atoms with van der Waals surface area (Å²) in [6, 6.07) is 22.2. The lowest BCUT2D eigenvalue weighted by Crippen LogP contribution is -2.26. The number of ether oxygens (including phenoxy) is 4. The first-order valence-electron chi connectivity index (χ1n) is 14.9. The molecule has 0 heterocycles. The molecule has 0 aliphatic heterocycles. The van der Waals surface area contributed by atoms with Crippen molar-refractivity contribution in [3.63, 3.8) is 0 Å². The lowest BCUT2D eigenvalue weighted by molar-refractivity contribution is -0.150. The number of carbonyl (C=O) groups is 2. The van der Waals surface area contributed by atoms with Gasteiger partial charge in [0.05, 0.1) is 0 Å². The van der Waals surface area contributed by atoms with E-state index in [0.717, 1.165) is 22.3 Å². The van der Waals surface area contributed by atoms with Crippen LogP contribution in [0.4, 0.5) is 0 Å². The van der Waals surface area contributed by atoms with Crippen LogP contribution in [0.2, 0.25) is 0 Å². The summed E-state index contributed by atoms with van der Waals surface area (Å²) in [6.07, 6.45) is 5.97. The Morgan fingerprint density at radius 2 is 1.09 bits per heavy atom. The molecule has 0 unspecified atom stereocenters. The van der Waals surface area contributed by atoms with Crippen molar-refractivity contribution >= 4 is 11.9 Å². The van der Waals surface area contributed by atoms with E-state index < -0.39 is 24.1 Å². The molecule has 3 rings (SSSR count). The Kier molecular flexibility index (Phi) is 15.2. The molecule has 0 saturated carbocycles. The first-order chi connectivity index (χ1) is 22.4. The zero-order valence-electron chi connectivity index (χ0n) is 26.0. The molecule has 46 heavy (non-hydrogen) atoms. The van der Waals surface area contributed by atoms with Crippen LogP contribution in [-0.4, -0.2) is 60.8 Å². The molecular weight excluding hydrogens is 584 g/mol. The van der Waals surface area contributed by atoms with Crippen molar-refractivity contribution in [1.29, 1.82) is 0 Å². The zero-order chi connectivity index (χ0) is 33.0. The Balaban J connectivity index is 1.40. The van der Waals surface area contributed by atoms with Gasteiger partial charge in [-0.25, -0.2) is 9.59 Å². The third-order valence-corrected chi connectivity index (χ3v) is 6.37. The molecule has 0 aliphatic carbocycles. The Morgan fingerprint density at radius 1 is 0.674 bits per heavy atom. The SMILES string of the molecule is CCO[C@@H](Cc1ccc(OC/C=C/C#Cc2cccc(C#C/C=C/COc3ccc(C[C@H](OCC)C(=O)O)cc3)c2)cc1)C(=O)O. The fourth-order valence-corrected chi connectivity index (χ4v) is 4.14. The van der Waals surface area contributed by atoms with Gasteiger partial charge in [0.2, 0.25) is 0 Å². The molecule has 0 fully saturated rings. The maximum absolute atomic E-state index is 11.3. The predicted octanol–water partition coefficient (Wildman–Crippen LogP) is 5.72. The molecule has 8 nitrogen and oxygen atoms in total. The Morgan fingerprint density at radius 3 is 1.46 bits per heavy atom. The average Bonchev–Trinajstić information content (AvgIpc) is 3.05. The van der Waals surface area contributed by atoms with Crippen LogP contribution in [0.5, 0.6) is 11.5 Å². The van der Waals surface area contributed by atoms with Crippen LogP contribution >= 0.6 is 0 Å². The van der Waals surface area contributed by atoms with E-state index in [1.165, 1.54) is 0 Å². The van der Waals surface area contributed by atoms with Gasteiger partial charge in [-0.2, -0.15) is 0 Å². The highest BCUT2D eigenvalue weighted by atomic mass is 16.5. The van der Waals surface area contributed by atoms with Gasteiger partial charge in [0.1, 0.15) is 24.7 Å². The topological polar surface area (TPSA) is 112 Å². The van der Waals surface area contributed by atoms with Crippen molar-refractivity contribution in [2.45, 2.75) is 38.9 Å². The molecule has 0 amide bonds. The third-order valence-electron chi connectivity index (χ3n) is 6.37. The lowest BCUT2D eigenvalue weighted by Gasteiger charge is -2.12. The number of benzene rings is 3. The minimum atomic E-state index is -0.974. The van der Waals surface area contributed by atoms with Crippen LogP contribution in [-0.2, 0) is 31.9 Å². The van der Waals surface area contributed by atoms with E-state index in [0.29, 0.717) is 50.8 Å². The molecule has 0 aliphatic rings. The van der Waals surface area contributed by atoms with Gasteiger partial charge in [-0.3, -0.25) is 0 Å². The highest BCUT2D eigenvalue weighted by molar-refractivity contribution is 5.73. The van der Waals surface area contributed by atoms with Gasteiger partial charge in [0.15, 0.2) is 12.2 Å². The van der Waals surface area contributed by atoms with Gasteiger partial charge < -0.3 is 29.2 Å². The second kappa shape index (κ2) is 19.9. The Bertz CT molecular complexity index is 1470. The molecule has 238 valence electrons. The molecule has 0 radical (unpaired) electrons. The Hall–Kier alpha value is -5.28. The molecule has 0 bridgehead atoms. The fraction of sp³-hybridized carbons (Fsp3) is 0.263. The van der Waals surface area contributed by atoms with Crippen LogP contribution in [0.25, 0.3) is 0 Å². The van der Waals surface area contributed by atoms with E-state index in [9.17, 15) is 19.8 Å². The van der Waals surface area contributed by atoms with E-state index in [1.807, 2.05) is 60.7 Å². The van der Waals surface area contributed by atoms with E-state index in [2.05, 4.69) is 23.7 Å². The number of carboxylic acid groups (broad SMARTS) is 2. The molecule has 2 atom stereocenters. The maximum atomic E-state index is 11.3. The van der Waals surface area contributed by atoms with Gasteiger partial charge in [0.25, 0.3) is 0 Å². The van der Waals surface area contributed by atoms with E-state index in [-0.39, 0.29) is 0 Å². The normalized spacial score (nSPS) is 12.0. The molecular formula is C38H38O8. The van der Waals surface area contributed by atoms with Gasteiger partial charge in [-0.1, -0.05) is 54.0 Å². The smallest absolute Gasteiger partial charge is 0.333 e. The van der Waals surface area contributed by atoms with Gasteiger partial charge in [-0.05, 0) is 91.7 Å². The monoisotopic (exact) mass is 622 g/mol. The van der Waals surface area contributed by atoms with Crippen LogP contribution < -0.4 is 9.47 Å². The summed E-state index contributed by atoms with van der Waals surface area (Å²) in [7, 11) is 0. The molecule has 3 aromatic carbocycles. The van der Waals surface area contributed by atoms with Crippen LogP contribution in [0, 0.1) is 23.7 Å². The zero-order valence-corrected chi connectivity index (χ0v) is 26.0. The van der Waals surface area contributed by atoms with E-state index in [1.54, 1.807) is 50.3 Å². The predicted molar refractivity (Wildman–Crippen MR) is 176 cm³/mol. The first kappa shape index (κ1) is 35.2. The molecule has 0 spiro atoms. The van der Waals surface area contributed by atoms with Gasteiger partial charge >= 0.3 is 11.9 Å². The number of allylic oxidation sites excluding steroid dienone is 2. The minimum absolute atomic E-state index is 0.296. The number of rotatable bonds is 16. The third kappa shape index (κ3) is 13.2. The molecule has 0 aromatic heterocycles. The largest absolute Gasteiger partial charge is 0.490 e. The molecule has 0 saturated heterocycles. The molecule has 8 heteroatoms. The summed E-state index contributed by atoms with van der Waals surface area (Å²) in [4.78, 5) is 22.5. The quantitative estimate of drug-likeness (QED) is 0.195. The fourth-order valence-electron chi connectivity index (χ4n) is 4.14. The number of hydrogen-bond donors (Lipinski definition) is 2. The lowest BCUT2D eigenvalue weighted by atomic mass is 10.1. The van der Waals surface area contributed by atoms with Crippen LogP contribution in [0.1, 0.15) is 36.1 Å². The number of carboxylic acids is 2. The highest BCUT2D eigenvalue weighted by Gasteiger charge is 2.18. The second-order valence-electron chi connectivity index (χ2n) is 9.81. The van der Waals surface area contributed by atoms with Crippen LogP contribution in [0.3, 0.4) is 0 Å². The summed E-state index contributed by atoms with van der Waals surface area (Å²) in [5, 5.41) is 18.5. The van der Waals surface area contributed by atoms with Gasteiger partial charge in [-0.15, -0.1) is 0 Å². The van der Waals surface area contributed by atoms with Gasteiger partial charge in [0, 0.05) is 37.2 Å². The molecule has 3 aromatic rings. The summed E-state index contributed by atoms with van der Waals surface area (Å²) in [5.74, 6) is 11.6. The highest BCUT2D eigenvalue weighted by Crippen LogP contribution is 2.16. The first-order valence-corrected chi connectivity index (χ1v) is 14.9. The van der Waals surface area contributed by atoms with Crippen molar-refractivity contribution in [3.05, 3.63) is 119 Å². The summed E-state index contributed by atoms with van der Waals surface area (Å²) >= 11 is 0. The standard InChI is InChI=1S/C38H38O8/c1-3-43-35(37(39)40)27-31-16-20-33(21-17-31)45-24-9-5-7-12-29-14-11-15-30(26-29)13-8-6-10-25-46-34-22-18-32(19-23-34)28-36(38(41)42)44-4-2/h5-6,9-11,14-23,26,35-36H,3-4,24-25,27-28H2,1-2H3,(H,39,40)(H,41,42)/b9-5+,10-6+/t35-,36-/m0/s1. The van der Waals surface area contributed by atoms with Crippen LogP contribution in [0.15, 0.2) is 97.1 Å². The van der Waals surface area contributed by atoms with Crippen molar-refractivity contribution < 1.29 is 38.7 Å². The van der Waals surface area contributed by atoms with Crippen molar-refractivity contribution in [2.75, 3.05) is 26.4 Å². The summed E-state index contributed by atoms with van der Waals surface area (Å²) in [6.45, 7) is 4.93. The minimum Gasteiger partial charge on any atom is -0.490 e. The average molecular weight is 623 g/mol. The summed E-state index contributed by atoms with van der Waals surface area (Å²) in [5.41, 5.74) is 3.40. The second-order valence-corrected chi connectivity index (χ2v) is 9.81. The van der Waals surface area contributed by atoms with Crippen molar-refractivity contribution in [1.82, 2.24) is 0 Å². The van der Waals surface area contributed by atoms with E-state index in [4.69, 9.17) is 18.9 Å². The number of hydrogen-bond acceptors (Lipinski definition) is 6. The molecule has 2 N–H and O–H groups in total. The van der Waals surface area contributed by atoms with Crippen molar-refractivity contribution in [3.8, 4) is 35.2 Å². The summed E-state index contributed by atoms with van der Waals surface area (Å²) < 4.78 is 21.9. The maximum Gasteiger partial charge on any atom is 0.333 e. The Labute approximate surface area is 270 Å². The number of aliphatic carboxylic acids is 2. The van der Waals surface area contributed by atoms with E-state index >= 15 is 0 Å².